The Kier molecular flexibility index (Phi) is 3.82. The van der Waals surface area contributed by atoms with Gasteiger partial charge in [0.2, 0.25) is 0 Å². The van der Waals surface area contributed by atoms with E-state index in [9.17, 15) is 0 Å². The summed E-state index contributed by atoms with van der Waals surface area (Å²) in [7, 11) is 0. The first kappa shape index (κ1) is 12.4. The van der Waals surface area contributed by atoms with Crippen LogP contribution in [0.5, 0.6) is 5.75 Å². The fraction of sp³-hybridized carbons (Fsp3) is 0.385. The van der Waals surface area contributed by atoms with Crippen molar-refractivity contribution in [3.8, 4) is 5.75 Å². The third kappa shape index (κ3) is 3.00. The van der Waals surface area contributed by atoms with E-state index in [2.05, 4.69) is 20.3 Å². The maximum atomic E-state index is 5.71. The Balaban J connectivity index is 2.13. The molecule has 5 nitrogen and oxygen atoms in total. The highest BCUT2D eigenvalue weighted by molar-refractivity contribution is 5.50. The van der Waals surface area contributed by atoms with Gasteiger partial charge in [-0.1, -0.05) is 0 Å². The van der Waals surface area contributed by atoms with Crippen LogP contribution in [0.2, 0.25) is 0 Å². The summed E-state index contributed by atoms with van der Waals surface area (Å²) in [6, 6.07) is 3.81. The van der Waals surface area contributed by atoms with Crippen LogP contribution in [0.1, 0.15) is 32.6 Å². The molecule has 0 radical (unpaired) electrons. The molecule has 0 spiro atoms. The average Bonchev–Trinajstić information content (AvgIpc) is 2.84. The first-order valence-corrected chi connectivity index (χ1v) is 6.04. The van der Waals surface area contributed by atoms with Gasteiger partial charge in [-0.3, -0.25) is 0 Å². The molecule has 0 aromatic carbocycles. The summed E-state index contributed by atoms with van der Waals surface area (Å²) in [6.07, 6.45) is 5.40. The van der Waals surface area contributed by atoms with Crippen molar-refractivity contribution in [3.63, 3.8) is 0 Å². The van der Waals surface area contributed by atoms with Crippen molar-refractivity contribution in [2.45, 2.75) is 32.9 Å². The number of hydrogen-bond donors (Lipinski definition) is 2. The van der Waals surface area contributed by atoms with Crippen LogP contribution in [0, 0.1) is 0 Å². The van der Waals surface area contributed by atoms with Gasteiger partial charge < -0.3 is 15.0 Å². The summed E-state index contributed by atoms with van der Waals surface area (Å²) in [5, 5.41) is 3.29. The van der Waals surface area contributed by atoms with Crippen molar-refractivity contribution in [2.75, 3.05) is 5.32 Å². The molecule has 2 aromatic rings. The van der Waals surface area contributed by atoms with Gasteiger partial charge in [-0.05, 0) is 32.9 Å². The maximum absolute atomic E-state index is 5.71. The number of rotatable bonds is 5. The molecule has 0 amide bonds. The van der Waals surface area contributed by atoms with E-state index in [1.165, 1.54) is 0 Å². The van der Waals surface area contributed by atoms with Crippen molar-refractivity contribution < 1.29 is 4.74 Å². The second-order valence-corrected chi connectivity index (χ2v) is 4.36. The van der Waals surface area contributed by atoms with Crippen molar-refractivity contribution in [2.24, 2.45) is 0 Å². The highest BCUT2D eigenvalue weighted by Gasteiger charge is 2.12. The minimum absolute atomic E-state index is 0.0458. The number of ether oxygens (including phenoxy) is 1. The van der Waals surface area contributed by atoms with E-state index >= 15 is 0 Å². The first-order chi connectivity index (χ1) is 8.66. The van der Waals surface area contributed by atoms with Gasteiger partial charge in [0.05, 0.1) is 12.1 Å². The van der Waals surface area contributed by atoms with Gasteiger partial charge in [-0.15, -0.1) is 0 Å². The standard InChI is InChI=1S/C13H18N4O/c1-9(2)18-11-5-4-6-14-13(11)17-10(3)12-15-7-8-16-12/h4-10H,1-3H3,(H,14,17)(H,15,16). The number of aromatic amines is 1. The summed E-state index contributed by atoms with van der Waals surface area (Å²) in [5.41, 5.74) is 0. The van der Waals surface area contributed by atoms with Crippen molar-refractivity contribution in [1.82, 2.24) is 15.0 Å². The Morgan fingerprint density at radius 1 is 1.22 bits per heavy atom. The highest BCUT2D eigenvalue weighted by Crippen LogP contribution is 2.25. The average molecular weight is 246 g/mol. The molecule has 0 fully saturated rings. The number of aromatic nitrogens is 3. The number of anilines is 1. The van der Waals surface area contributed by atoms with Crippen molar-refractivity contribution in [3.05, 3.63) is 36.5 Å². The number of pyridine rings is 1. The first-order valence-electron chi connectivity index (χ1n) is 6.04. The molecule has 0 aliphatic heterocycles. The van der Waals surface area contributed by atoms with E-state index in [4.69, 9.17) is 4.74 Å². The fourth-order valence-corrected chi connectivity index (χ4v) is 1.64. The van der Waals surface area contributed by atoms with Gasteiger partial charge in [0.15, 0.2) is 11.6 Å². The molecule has 0 saturated carbocycles. The zero-order valence-corrected chi connectivity index (χ0v) is 10.8. The zero-order valence-electron chi connectivity index (χ0n) is 10.8. The molecule has 1 unspecified atom stereocenters. The zero-order chi connectivity index (χ0) is 13.0. The van der Waals surface area contributed by atoms with Crippen LogP contribution in [0.3, 0.4) is 0 Å². The fourth-order valence-electron chi connectivity index (χ4n) is 1.64. The molecule has 1 atom stereocenters. The largest absolute Gasteiger partial charge is 0.487 e. The van der Waals surface area contributed by atoms with Gasteiger partial charge in [-0.25, -0.2) is 9.97 Å². The topological polar surface area (TPSA) is 62.8 Å². The van der Waals surface area contributed by atoms with Crippen LogP contribution in [0.25, 0.3) is 0 Å². The smallest absolute Gasteiger partial charge is 0.169 e. The summed E-state index contributed by atoms with van der Waals surface area (Å²) in [6.45, 7) is 6.01. The van der Waals surface area contributed by atoms with Crippen LogP contribution in [0.15, 0.2) is 30.7 Å². The molecule has 0 aliphatic carbocycles. The minimum Gasteiger partial charge on any atom is -0.487 e. The van der Waals surface area contributed by atoms with Crippen LogP contribution in [-0.2, 0) is 0 Å². The predicted molar refractivity (Wildman–Crippen MR) is 70.6 cm³/mol. The van der Waals surface area contributed by atoms with Gasteiger partial charge >= 0.3 is 0 Å². The van der Waals surface area contributed by atoms with Gasteiger partial charge in [0, 0.05) is 18.6 Å². The Morgan fingerprint density at radius 2 is 2.06 bits per heavy atom. The Bertz CT molecular complexity index is 481. The number of imidazole rings is 1. The number of nitrogens with one attached hydrogen (secondary N) is 2. The molecule has 0 aliphatic rings. The number of hydrogen-bond acceptors (Lipinski definition) is 4. The Morgan fingerprint density at radius 3 is 2.72 bits per heavy atom. The lowest BCUT2D eigenvalue weighted by molar-refractivity contribution is 0.242. The third-order valence-corrected chi connectivity index (χ3v) is 2.42. The number of nitrogens with zero attached hydrogens (tertiary/aromatic N) is 2. The van der Waals surface area contributed by atoms with Gasteiger partial charge in [-0.2, -0.15) is 0 Å². The predicted octanol–water partition coefficient (Wildman–Crippen LogP) is 2.77. The number of H-pyrrole nitrogens is 1. The lowest BCUT2D eigenvalue weighted by atomic mass is 10.3. The Labute approximate surface area is 107 Å². The lowest BCUT2D eigenvalue weighted by Crippen LogP contribution is -2.13. The van der Waals surface area contributed by atoms with Crippen LogP contribution < -0.4 is 10.1 Å². The highest BCUT2D eigenvalue weighted by atomic mass is 16.5. The maximum Gasteiger partial charge on any atom is 0.169 e. The lowest BCUT2D eigenvalue weighted by Gasteiger charge is -2.17. The summed E-state index contributed by atoms with van der Waals surface area (Å²) < 4.78 is 5.71. The quantitative estimate of drug-likeness (QED) is 0.851. The molecule has 0 bridgehead atoms. The van der Waals surface area contributed by atoms with Gasteiger partial charge in [0.1, 0.15) is 5.82 Å². The van der Waals surface area contributed by atoms with E-state index < -0.39 is 0 Å². The molecule has 5 heteroatoms. The third-order valence-electron chi connectivity index (χ3n) is 2.42. The van der Waals surface area contributed by atoms with Crippen molar-refractivity contribution in [1.29, 1.82) is 0 Å². The Hall–Kier alpha value is -2.04. The molecular formula is C13H18N4O. The molecule has 2 aromatic heterocycles. The summed E-state index contributed by atoms with van der Waals surface area (Å²) in [5.74, 6) is 2.36. The van der Waals surface area contributed by atoms with Crippen LogP contribution >= 0.6 is 0 Å². The monoisotopic (exact) mass is 246 g/mol. The molecule has 2 heterocycles. The van der Waals surface area contributed by atoms with Crippen LogP contribution in [-0.4, -0.2) is 21.1 Å². The normalized spacial score (nSPS) is 12.4. The SMILES string of the molecule is CC(C)Oc1cccnc1NC(C)c1ncc[nH]1. The molecule has 0 saturated heterocycles. The molecule has 18 heavy (non-hydrogen) atoms. The molecular weight excluding hydrogens is 228 g/mol. The van der Waals surface area contributed by atoms with E-state index in [1.807, 2.05) is 32.9 Å². The van der Waals surface area contributed by atoms with E-state index in [-0.39, 0.29) is 12.1 Å². The molecule has 2 N–H and O–H groups in total. The van der Waals surface area contributed by atoms with Crippen molar-refractivity contribution >= 4 is 5.82 Å². The molecule has 96 valence electrons. The minimum atomic E-state index is 0.0458. The van der Waals surface area contributed by atoms with E-state index in [0.29, 0.717) is 0 Å². The second-order valence-electron chi connectivity index (χ2n) is 4.36. The second kappa shape index (κ2) is 5.53. The summed E-state index contributed by atoms with van der Waals surface area (Å²) in [4.78, 5) is 11.6. The summed E-state index contributed by atoms with van der Waals surface area (Å²) >= 11 is 0. The van der Waals surface area contributed by atoms with Crippen LogP contribution in [0.4, 0.5) is 5.82 Å². The van der Waals surface area contributed by atoms with E-state index in [0.717, 1.165) is 17.4 Å². The van der Waals surface area contributed by atoms with Gasteiger partial charge in [0.25, 0.3) is 0 Å². The van der Waals surface area contributed by atoms with E-state index in [1.54, 1.807) is 18.6 Å². The molecule has 2 rings (SSSR count).